The number of nitrogens with two attached hydrogens (primary N) is 1. The van der Waals surface area contributed by atoms with Gasteiger partial charge >= 0.3 is 0 Å². The van der Waals surface area contributed by atoms with Crippen molar-refractivity contribution >= 4 is 17.2 Å². The largest absolute Gasteiger partial charge is 0.347 e. The second-order valence-corrected chi connectivity index (χ2v) is 6.99. The molecule has 0 fully saturated rings. The number of nitrogens with zero attached hydrogens (tertiary/aromatic N) is 1. The first-order chi connectivity index (χ1) is 8.12. The Hall–Kier alpha value is -0.940. The van der Waals surface area contributed by atoms with Gasteiger partial charge in [0, 0.05) is 4.88 Å². The molecule has 0 radical (unpaired) electrons. The molecule has 2 unspecified atom stereocenters. The van der Waals surface area contributed by atoms with Gasteiger partial charge in [-0.15, -0.1) is 11.3 Å². The number of nitrogens with one attached hydrogen (secondary N) is 1. The van der Waals surface area contributed by atoms with Crippen LogP contribution in [0.5, 0.6) is 0 Å². The average molecular weight is 269 g/mol. The normalized spacial score (nSPS) is 15.3. The van der Waals surface area contributed by atoms with Gasteiger partial charge in [0.05, 0.1) is 22.8 Å². The third kappa shape index (κ3) is 3.53. The Morgan fingerprint density at radius 2 is 1.94 bits per heavy atom. The van der Waals surface area contributed by atoms with Crippen LogP contribution in [0.25, 0.3) is 0 Å². The third-order valence-corrected chi connectivity index (χ3v) is 4.16. The number of hydrogen-bond acceptors (Lipinski definition) is 4. The number of carbonyl (C=O) groups is 1. The minimum Gasteiger partial charge on any atom is -0.347 e. The van der Waals surface area contributed by atoms with Gasteiger partial charge in [-0.1, -0.05) is 20.8 Å². The fourth-order valence-electron chi connectivity index (χ4n) is 1.71. The van der Waals surface area contributed by atoms with Crippen molar-refractivity contribution in [1.82, 2.24) is 10.3 Å². The lowest BCUT2D eigenvalue weighted by molar-refractivity contribution is -0.125. The minimum absolute atomic E-state index is 0.0444. The van der Waals surface area contributed by atoms with Crippen LogP contribution in [0.2, 0.25) is 0 Å². The zero-order chi connectivity index (χ0) is 14.1. The Morgan fingerprint density at radius 3 is 2.33 bits per heavy atom. The molecular formula is C13H23N3OS. The topological polar surface area (TPSA) is 68.0 Å². The lowest BCUT2D eigenvalue weighted by atomic mass is 9.87. The molecule has 0 spiro atoms. The monoisotopic (exact) mass is 269 g/mol. The zero-order valence-electron chi connectivity index (χ0n) is 12.0. The van der Waals surface area contributed by atoms with E-state index < -0.39 is 6.04 Å². The van der Waals surface area contributed by atoms with Crippen molar-refractivity contribution in [3.8, 4) is 0 Å². The van der Waals surface area contributed by atoms with Gasteiger partial charge in [0.25, 0.3) is 0 Å². The fraction of sp³-hybridized carbons (Fsp3) is 0.692. The predicted molar refractivity (Wildman–Crippen MR) is 75.6 cm³/mol. The van der Waals surface area contributed by atoms with E-state index >= 15 is 0 Å². The lowest BCUT2D eigenvalue weighted by Gasteiger charge is -2.27. The number of carbonyl (C=O) groups excluding carboxylic acids is 1. The molecule has 0 aliphatic heterocycles. The predicted octanol–water partition coefficient (Wildman–Crippen LogP) is 2.31. The van der Waals surface area contributed by atoms with Crippen molar-refractivity contribution in [1.29, 1.82) is 0 Å². The molecule has 1 rings (SSSR count). The Bertz CT molecular complexity index is 434. The highest BCUT2D eigenvalue weighted by molar-refractivity contribution is 7.11. The Morgan fingerprint density at radius 1 is 1.39 bits per heavy atom. The molecule has 0 aromatic carbocycles. The van der Waals surface area contributed by atoms with Gasteiger partial charge in [-0.2, -0.15) is 0 Å². The summed E-state index contributed by atoms with van der Waals surface area (Å²) in [6.07, 6.45) is 0. The lowest BCUT2D eigenvalue weighted by Crippen LogP contribution is -2.49. The van der Waals surface area contributed by atoms with Crippen LogP contribution in [0.3, 0.4) is 0 Å². The molecule has 1 aromatic heterocycles. The molecule has 0 aliphatic rings. The van der Waals surface area contributed by atoms with E-state index in [2.05, 4.69) is 10.3 Å². The van der Waals surface area contributed by atoms with Gasteiger partial charge in [-0.05, 0) is 26.2 Å². The maximum Gasteiger partial charge on any atom is 0.237 e. The first-order valence-electron chi connectivity index (χ1n) is 6.12. The van der Waals surface area contributed by atoms with Crippen LogP contribution in [0.1, 0.15) is 49.3 Å². The molecule has 1 amide bonds. The number of hydrogen-bond donors (Lipinski definition) is 2. The highest BCUT2D eigenvalue weighted by atomic mass is 32.1. The molecule has 5 heteroatoms. The maximum absolute atomic E-state index is 12.0. The second-order valence-electron chi connectivity index (χ2n) is 5.76. The van der Waals surface area contributed by atoms with Crippen molar-refractivity contribution in [3.05, 3.63) is 15.6 Å². The standard InChI is InChI=1S/C13H23N3OS/c1-7-10(18-9(3)15-7)8(2)16-12(17)11(14)13(4,5)6/h8,11H,14H2,1-6H3,(H,16,17). The second kappa shape index (κ2) is 5.36. The Labute approximate surface area is 113 Å². The third-order valence-electron chi connectivity index (χ3n) is 2.91. The van der Waals surface area contributed by atoms with Crippen LogP contribution in [0.4, 0.5) is 0 Å². The molecule has 0 bridgehead atoms. The quantitative estimate of drug-likeness (QED) is 0.884. The van der Waals surface area contributed by atoms with E-state index in [1.165, 1.54) is 0 Å². The molecule has 1 heterocycles. The summed E-state index contributed by atoms with van der Waals surface area (Å²) in [6, 6.07) is -0.550. The van der Waals surface area contributed by atoms with Crippen LogP contribution < -0.4 is 11.1 Å². The molecule has 4 nitrogen and oxygen atoms in total. The van der Waals surface area contributed by atoms with Crippen LogP contribution in [-0.4, -0.2) is 16.9 Å². The molecule has 102 valence electrons. The van der Waals surface area contributed by atoms with Gasteiger partial charge < -0.3 is 11.1 Å². The fourth-order valence-corrected chi connectivity index (χ4v) is 2.64. The Kier molecular flexibility index (Phi) is 4.50. The first-order valence-corrected chi connectivity index (χ1v) is 6.94. The van der Waals surface area contributed by atoms with Crippen molar-refractivity contribution in [2.45, 2.75) is 53.6 Å². The van der Waals surface area contributed by atoms with Gasteiger partial charge in [0.1, 0.15) is 0 Å². The van der Waals surface area contributed by atoms with Crippen LogP contribution in [-0.2, 0) is 4.79 Å². The molecular weight excluding hydrogens is 246 g/mol. The van der Waals surface area contributed by atoms with E-state index in [1.807, 2.05) is 41.5 Å². The summed E-state index contributed by atoms with van der Waals surface area (Å²) in [5, 5.41) is 3.98. The molecule has 0 saturated carbocycles. The molecule has 0 saturated heterocycles. The molecule has 0 aliphatic carbocycles. The van der Waals surface area contributed by atoms with Gasteiger partial charge in [0.2, 0.25) is 5.91 Å². The summed E-state index contributed by atoms with van der Waals surface area (Å²) in [7, 11) is 0. The first kappa shape index (κ1) is 15.1. The van der Waals surface area contributed by atoms with Gasteiger partial charge in [-0.3, -0.25) is 4.79 Å². The number of aromatic nitrogens is 1. The Balaban J connectivity index is 2.74. The smallest absolute Gasteiger partial charge is 0.237 e. The number of aryl methyl sites for hydroxylation is 2. The summed E-state index contributed by atoms with van der Waals surface area (Å²) < 4.78 is 0. The van der Waals surface area contributed by atoms with E-state index in [-0.39, 0.29) is 17.4 Å². The molecule has 2 atom stereocenters. The van der Waals surface area contributed by atoms with Gasteiger partial charge in [0.15, 0.2) is 0 Å². The van der Waals surface area contributed by atoms with Crippen molar-refractivity contribution < 1.29 is 4.79 Å². The highest BCUT2D eigenvalue weighted by Crippen LogP contribution is 2.25. The average Bonchev–Trinajstić information content (AvgIpc) is 2.55. The highest BCUT2D eigenvalue weighted by Gasteiger charge is 2.28. The van der Waals surface area contributed by atoms with Gasteiger partial charge in [-0.25, -0.2) is 4.98 Å². The maximum atomic E-state index is 12.0. The van der Waals surface area contributed by atoms with E-state index in [0.29, 0.717) is 0 Å². The van der Waals surface area contributed by atoms with Crippen LogP contribution in [0, 0.1) is 19.3 Å². The summed E-state index contributed by atoms with van der Waals surface area (Å²) in [4.78, 5) is 17.5. The summed E-state index contributed by atoms with van der Waals surface area (Å²) in [5.74, 6) is -0.111. The van der Waals surface area contributed by atoms with Crippen molar-refractivity contribution in [3.63, 3.8) is 0 Å². The van der Waals surface area contributed by atoms with Crippen molar-refractivity contribution in [2.24, 2.45) is 11.1 Å². The van der Waals surface area contributed by atoms with Crippen LogP contribution in [0.15, 0.2) is 0 Å². The number of amides is 1. The zero-order valence-corrected chi connectivity index (χ0v) is 12.8. The molecule has 1 aromatic rings. The SMILES string of the molecule is Cc1nc(C)c(C(C)NC(=O)C(N)C(C)(C)C)s1. The number of thiazole rings is 1. The van der Waals surface area contributed by atoms with Crippen molar-refractivity contribution in [2.75, 3.05) is 0 Å². The summed E-state index contributed by atoms with van der Waals surface area (Å²) >= 11 is 1.62. The number of rotatable bonds is 3. The van der Waals surface area contributed by atoms with E-state index in [1.54, 1.807) is 11.3 Å². The summed E-state index contributed by atoms with van der Waals surface area (Å²) in [5.41, 5.74) is 6.69. The summed E-state index contributed by atoms with van der Waals surface area (Å²) in [6.45, 7) is 11.8. The minimum atomic E-state index is -0.505. The van der Waals surface area contributed by atoms with E-state index in [0.717, 1.165) is 15.6 Å². The van der Waals surface area contributed by atoms with Crippen LogP contribution >= 0.6 is 11.3 Å². The molecule has 18 heavy (non-hydrogen) atoms. The molecule has 3 N–H and O–H groups in total. The van der Waals surface area contributed by atoms with E-state index in [4.69, 9.17) is 5.73 Å². The van der Waals surface area contributed by atoms with E-state index in [9.17, 15) is 4.79 Å².